The largest absolute Gasteiger partial charge is 0.593 e. The second-order valence-electron chi connectivity index (χ2n) is 3.88. The summed E-state index contributed by atoms with van der Waals surface area (Å²) in [5.74, 6) is -0.0697. The first-order chi connectivity index (χ1) is 6.09. The Morgan fingerprint density at radius 1 is 1.38 bits per heavy atom. The first-order valence-corrected chi connectivity index (χ1v) is 5.67. The molecule has 4 heteroatoms. The molecule has 0 aromatic rings. The van der Waals surface area contributed by atoms with Gasteiger partial charge in [-0.2, -0.15) is 4.72 Å². The normalized spacial score (nSPS) is 39.0. The topological polar surface area (TPSA) is 52.2 Å². The molecule has 0 aromatic heterocycles. The van der Waals surface area contributed by atoms with Crippen molar-refractivity contribution in [2.75, 3.05) is 0 Å². The third-order valence-corrected chi connectivity index (χ3v) is 4.47. The average Bonchev–Trinajstić information content (AvgIpc) is 2.31. The molecule has 1 heterocycles. The minimum Gasteiger partial charge on any atom is -0.593 e. The molecule has 3 atom stereocenters. The molecule has 0 aromatic carbocycles. The van der Waals surface area contributed by atoms with Gasteiger partial charge in [-0.15, -0.1) is 0 Å². The summed E-state index contributed by atoms with van der Waals surface area (Å²) in [6.07, 6.45) is 1.59. The zero-order valence-corrected chi connectivity index (χ0v) is 8.61. The van der Waals surface area contributed by atoms with Gasteiger partial charge >= 0.3 is 0 Å². The van der Waals surface area contributed by atoms with Gasteiger partial charge in [0.05, 0.1) is 17.3 Å². The van der Waals surface area contributed by atoms with Crippen molar-refractivity contribution in [1.29, 1.82) is 0 Å². The first kappa shape index (κ1) is 9.09. The molecule has 1 N–H and O–H groups in total. The van der Waals surface area contributed by atoms with Crippen molar-refractivity contribution >= 4 is 17.3 Å². The fraction of sp³-hybridized carbons (Fsp3) is 0.667. The van der Waals surface area contributed by atoms with Crippen LogP contribution in [-0.4, -0.2) is 15.7 Å². The molecular formula is C9H13NO2S. The molecule has 0 radical (unpaired) electrons. The number of rotatable bonds is 0. The molecule has 1 aliphatic heterocycles. The number of allylic oxidation sites excluding steroid dienone is 2. The van der Waals surface area contributed by atoms with Gasteiger partial charge < -0.3 is 4.55 Å². The maximum Gasteiger partial charge on any atom is 0.269 e. The Hall–Kier alpha value is -0.480. The summed E-state index contributed by atoms with van der Waals surface area (Å²) in [5.41, 5.74) is 2.58. The zero-order chi connectivity index (χ0) is 9.59. The van der Waals surface area contributed by atoms with Crippen LogP contribution in [0, 0.1) is 5.92 Å². The van der Waals surface area contributed by atoms with Gasteiger partial charge in [0.25, 0.3) is 5.91 Å². The Bertz CT molecular complexity index is 287. The molecule has 0 bridgehead atoms. The van der Waals surface area contributed by atoms with Crippen LogP contribution in [0.15, 0.2) is 11.1 Å². The van der Waals surface area contributed by atoms with Crippen molar-refractivity contribution in [3.8, 4) is 0 Å². The predicted molar refractivity (Wildman–Crippen MR) is 51.2 cm³/mol. The second kappa shape index (κ2) is 3.03. The van der Waals surface area contributed by atoms with Crippen LogP contribution in [0.25, 0.3) is 0 Å². The predicted octanol–water partition coefficient (Wildman–Crippen LogP) is 0.895. The van der Waals surface area contributed by atoms with Crippen LogP contribution in [0.5, 0.6) is 0 Å². The van der Waals surface area contributed by atoms with Gasteiger partial charge in [-0.05, 0) is 20.3 Å². The highest BCUT2D eigenvalue weighted by Crippen LogP contribution is 2.36. The minimum absolute atomic E-state index is 0.0243. The summed E-state index contributed by atoms with van der Waals surface area (Å²) in [6, 6.07) is 0. The lowest BCUT2D eigenvalue weighted by molar-refractivity contribution is -0.122. The number of fused-ring (bicyclic) bond motifs is 1. The maximum atomic E-state index is 11.4. The zero-order valence-electron chi connectivity index (χ0n) is 7.79. The molecule has 1 aliphatic carbocycles. The number of amides is 1. The van der Waals surface area contributed by atoms with Gasteiger partial charge in [0.1, 0.15) is 0 Å². The van der Waals surface area contributed by atoms with Crippen LogP contribution in [0.2, 0.25) is 0 Å². The highest BCUT2D eigenvalue weighted by atomic mass is 32.2. The van der Waals surface area contributed by atoms with Crippen molar-refractivity contribution in [3.05, 3.63) is 11.1 Å². The monoisotopic (exact) mass is 199 g/mol. The van der Waals surface area contributed by atoms with Gasteiger partial charge in [-0.3, -0.25) is 4.79 Å². The van der Waals surface area contributed by atoms with Gasteiger partial charge in [-0.25, -0.2) is 0 Å². The van der Waals surface area contributed by atoms with Crippen molar-refractivity contribution in [3.63, 3.8) is 0 Å². The summed E-state index contributed by atoms with van der Waals surface area (Å²) < 4.78 is 13.9. The van der Waals surface area contributed by atoms with Crippen molar-refractivity contribution in [2.24, 2.45) is 5.92 Å². The van der Waals surface area contributed by atoms with E-state index in [1.807, 2.05) is 0 Å². The molecule has 1 fully saturated rings. The lowest BCUT2D eigenvalue weighted by Crippen LogP contribution is -2.28. The van der Waals surface area contributed by atoms with Crippen LogP contribution in [-0.2, 0) is 16.2 Å². The SMILES string of the molecule is CC1=C(C)CC2C(C1)C(=O)N[S+]2[O-]. The van der Waals surface area contributed by atoms with Gasteiger partial charge in [0.2, 0.25) is 0 Å². The fourth-order valence-corrected chi connectivity index (χ4v) is 3.41. The third kappa shape index (κ3) is 1.38. The van der Waals surface area contributed by atoms with E-state index in [9.17, 15) is 9.35 Å². The van der Waals surface area contributed by atoms with Gasteiger partial charge in [-0.1, -0.05) is 11.1 Å². The van der Waals surface area contributed by atoms with E-state index in [1.54, 1.807) is 0 Å². The standard InChI is InChI=1S/C9H13NO2S/c1-5-3-7-8(4-6(5)2)13(12)10-9(7)11/h7-8H,3-4H2,1-2H3,(H,10,11). The molecule has 1 saturated heterocycles. The summed E-state index contributed by atoms with van der Waals surface area (Å²) in [6.45, 7) is 4.12. The second-order valence-corrected chi connectivity index (χ2v) is 5.28. The Kier molecular flexibility index (Phi) is 2.12. The van der Waals surface area contributed by atoms with Crippen LogP contribution in [0.1, 0.15) is 26.7 Å². The molecule has 72 valence electrons. The number of carbonyl (C=O) groups is 1. The molecule has 3 nitrogen and oxygen atoms in total. The Morgan fingerprint density at radius 2 is 2.00 bits per heavy atom. The highest BCUT2D eigenvalue weighted by Gasteiger charge is 2.48. The number of hydrogen-bond donors (Lipinski definition) is 1. The van der Waals surface area contributed by atoms with Crippen molar-refractivity contribution in [1.82, 2.24) is 4.72 Å². The van der Waals surface area contributed by atoms with E-state index >= 15 is 0 Å². The first-order valence-electron chi connectivity index (χ1n) is 4.46. The van der Waals surface area contributed by atoms with Crippen molar-refractivity contribution in [2.45, 2.75) is 31.9 Å². The Balaban J connectivity index is 2.26. The summed E-state index contributed by atoms with van der Waals surface area (Å²) in [5, 5.41) is 0.0243. The summed E-state index contributed by atoms with van der Waals surface area (Å²) in [7, 11) is 0. The maximum absolute atomic E-state index is 11.4. The van der Waals surface area contributed by atoms with E-state index in [2.05, 4.69) is 18.6 Å². The van der Waals surface area contributed by atoms with E-state index in [-0.39, 0.29) is 17.1 Å². The van der Waals surface area contributed by atoms with Gasteiger partial charge in [0, 0.05) is 6.42 Å². The molecule has 2 aliphatic rings. The lowest BCUT2D eigenvalue weighted by Gasteiger charge is -2.23. The summed E-state index contributed by atoms with van der Waals surface area (Å²) in [4.78, 5) is 11.3. The van der Waals surface area contributed by atoms with Crippen LogP contribution in [0.4, 0.5) is 0 Å². The quantitative estimate of drug-likeness (QED) is 0.465. The highest BCUT2D eigenvalue weighted by molar-refractivity contribution is 7.91. The van der Waals surface area contributed by atoms with Gasteiger partial charge in [0.15, 0.2) is 5.25 Å². The van der Waals surface area contributed by atoms with E-state index in [1.165, 1.54) is 11.1 Å². The molecule has 1 amide bonds. The fourth-order valence-electron chi connectivity index (χ4n) is 1.99. The average molecular weight is 199 g/mol. The lowest BCUT2D eigenvalue weighted by atomic mass is 9.84. The minimum atomic E-state index is -1.14. The van der Waals surface area contributed by atoms with Crippen LogP contribution in [0.3, 0.4) is 0 Å². The molecule has 0 spiro atoms. The molecule has 3 unspecified atom stereocenters. The van der Waals surface area contributed by atoms with E-state index < -0.39 is 11.4 Å². The molecule has 13 heavy (non-hydrogen) atoms. The summed E-state index contributed by atoms with van der Waals surface area (Å²) >= 11 is -1.14. The number of nitrogens with one attached hydrogen (secondary N) is 1. The van der Waals surface area contributed by atoms with E-state index in [0.29, 0.717) is 0 Å². The van der Waals surface area contributed by atoms with E-state index in [0.717, 1.165) is 12.8 Å². The van der Waals surface area contributed by atoms with Crippen LogP contribution < -0.4 is 4.72 Å². The molecule has 0 saturated carbocycles. The molecule has 2 rings (SSSR count). The third-order valence-electron chi connectivity index (χ3n) is 3.02. The Labute approximate surface area is 80.9 Å². The number of hydrogen-bond acceptors (Lipinski definition) is 2. The number of carbonyl (C=O) groups excluding carboxylic acids is 1. The van der Waals surface area contributed by atoms with Crippen LogP contribution >= 0.6 is 0 Å². The Morgan fingerprint density at radius 3 is 2.69 bits per heavy atom. The smallest absolute Gasteiger partial charge is 0.269 e. The van der Waals surface area contributed by atoms with Crippen molar-refractivity contribution < 1.29 is 9.35 Å². The van der Waals surface area contributed by atoms with E-state index in [4.69, 9.17) is 0 Å². The molecular weight excluding hydrogens is 186 g/mol.